The molecule has 2 aromatic heterocycles. The monoisotopic (exact) mass is 590 g/mol. The van der Waals surface area contributed by atoms with Crippen LogP contribution in [0.3, 0.4) is 0 Å². The summed E-state index contributed by atoms with van der Waals surface area (Å²) in [6, 6.07) is 60.7. The van der Waals surface area contributed by atoms with Crippen LogP contribution in [0.4, 0.5) is 0 Å². The minimum atomic E-state index is 0.764. The first-order valence-corrected chi connectivity index (χ1v) is 15.9. The molecule has 0 fully saturated rings. The molecule has 2 nitrogen and oxygen atoms in total. The Morgan fingerprint density at radius 1 is 0.391 bits per heavy atom. The Hall–Kier alpha value is -5.86. The topological polar surface area (TPSA) is 9.86 Å². The maximum absolute atomic E-state index is 4.98. The van der Waals surface area contributed by atoms with E-state index in [2.05, 4.69) is 179 Å². The molecule has 46 heavy (non-hydrogen) atoms. The second-order valence-electron chi connectivity index (χ2n) is 11.8. The number of benzene rings is 6. The van der Waals surface area contributed by atoms with Crippen LogP contribution in [-0.4, -0.2) is 9.13 Å². The second kappa shape index (κ2) is 11.9. The van der Waals surface area contributed by atoms with Crippen molar-refractivity contribution in [2.24, 2.45) is 0 Å². The number of nitrogens with zero attached hydrogens (tertiary/aromatic N) is 2. The first kappa shape index (κ1) is 27.7. The zero-order valence-electron chi connectivity index (χ0n) is 25.7. The summed E-state index contributed by atoms with van der Waals surface area (Å²) in [5.74, 6) is 0. The molecule has 0 spiro atoms. The third-order valence-corrected chi connectivity index (χ3v) is 9.01. The van der Waals surface area contributed by atoms with E-state index in [9.17, 15) is 0 Å². The molecule has 0 saturated heterocycles. The molecule has 0 N–H and O–H groups in total. The third kappa shape index (κ3) is 4.85. The van der Waals surface area contributed by atoms with E-state index >= 15 is 0 Å². The van der Waals surface area contributed by atoms with Gasteiger partial charge in [-0.15, -0.1) is 0 Å². The summed E-state index contributed by atoms with van der Waals surface area (Å²) in [4.78, 5) is 0. The Labute approximate surface area is 270 Å². The molecular weight excluding hydrogens is 556 g/mol. The van der Waals surface area contributed by atoms with Crippen LogP contribution >= 0.6 is 0 Å². The Balaban J connectivity index is 1.44. The van der Waals surface area contributed by atoms with Crippen LogP contribution in [0, 0.1) is 0 Å². The fourth-order valence-electron chi connectivity index (χ4n) is 7.00. The van der Waals surface area contributed by atoms with E-state index in [0.29, 0.717) is 0 Å². The van der Waals surface area contributed by atoms with Crippen molar-refractivity contribution in [3.05, 3.63) is 199 Å². The summed E-state index contributed by atoms with van der Waals surface area (Å²) in [6.45, 7) is 6.51. The van der Waals surface area contributed by atoms with E-state index < -0.39 is 0 Å². The predicted molar refractivity (Wildman–Crippen MR) is 194 cm³/mol. The van der Waals surface area contributed by atoms with E-state index in [1.165, 1.54) is 66.6 Å². The predicted octanol–water partition coefficient (Wildman–Crippen LogP) is 11.1. The second-order valence-corrected chi connectivity index (χ2v) is 11.8. The third-order valence-electron chi connectivity index (χ3n) is 9.01. The Kier molecular flexibility index (Phi) is 7.16. The van der Waals surface area contributed by atoms with E-state index in [0.717, 1.165) is 18.7 Å². The molecular formula is C44H34N2. The van der Waals surface area contributed by atoms with Crippen molar-refractivity contribution in [1.82, 2.24) is 9.13 Å². The highest BCUT2D eigenvalue weighted by atomic mass is 15.0. The van der Waals surface area contributed by atoms with Crippen molar-refractivity contribution in [2.45, 2.75) is 13.1 Å². The highest BCUT2D eigenvalue weighted by Crippen LogP contribution is 2.46. The Bertz CT molecular complexity index is 2130. The van der Waals surface area contributed by atoms with Gasteiger partial charge < -0.3 is 9.13 Å². The minimum absolute atomic E-state index is 0.764. The number of fused-ring (bicyclic) bond motifs is 2. The average molecular weight is 591 g/mol. The molecule has 0 aliphatic heterocycles. The van der Waals surface area contributed by atoms with Gasteiger partial charge in [0.2, 0.25) is 0 Å². The van der Waals surface area contributed by atoms with Crippen LogP contribution in [0.15, 0.2) is 176 Å². The van der Waals surface area contributed by atoms with Gasteiger partial charge in [0.25, 0.3) is 0 Å². The lowest BCUT2D eigenvalue weighted by molar-refractivity contribution is 0.842. The molecule has 0 unspecified atom stereocenters. The van der Waals surface area contributed by atoms with Gasteiger partial charge in [0.05, 0.1) is 11.4 Å². The lowest BCUT2D eigenvalue weighted by atomic mass is 9.91. The van der Waals surface area contributed by atoms with Gasteiger partial charge in [0.1, 0.15) is 0 Å². The molecule has 220 valence electrons. The number of para-hydroxylation sites is 2. The number of aromatic nitrogens is 2. The SMILES string of the molecule is C=C(c1c(-c2ccccc2)n(Cc2ccccc2)c2ccccc12)c1c(-c2ccccc2)n(Cc2ccccc2)c2ccccc12. The van der Waals surface area contributed by atoms with Crippen molar-refractivity contribution in [3.63, 3.8) is 0 Å². The summed E-state index contributed by atoms with van der Waals surface area (Å²) < 4.78 is 4.96. The van der Waals surface area contributed by atoms with E-state index in [4.69, 9.17) is 6.58 Å². The van der Waals surface area contributed by atoms with E-state index in [-0.39, 0.29) is 0 Å². The maximum Gasteiger partial charge on any atom is 0.0574 e. The highest BCUT2D eigenvalue weighted by molar-refractivity contribution is 6.11. The molecule has 6 aromatic carbocycles. The molecule has 0 amide bonds. The molecule has 0 aliphatic carbocycles. The van der Waals surface area contributed by atoms with Crippen LogP contribution < -0.4 is 0 Å². The molecule has 8 aromatic rings. The van der Waals surface area contributed by atoms with Gasteiger partial charge >= 0.3 is 0 Å². The van der Waals surface area contributed by atoms with Gasteiger partial charge in [-0.05, 0) is 40.0 Å². The van der Waals surface area contributed by atoms with Crippen LogP contribution in [0.25, 0.3) is 49.9 Å². The summed E-state index contributed by atoms with van der Waals surface area (Å²) in [7, 11) is 0. The molecule has 2 heteroatoms. The Morgan fingerprint density at radius 3 is 1.11 bits per heavy atom. The lowest BCUT2D eigenvalue weighted by Crippen LogP contribution is -2.04. The van der Waals surface area contributed by atoms with Crippen molar-refractivity contribution in [2.75, 3.05) is 0 Å². The van der Waals surface area contributed by atoms with E-state index in [1.54, 1.807) is 0 Å². The molecule has 0 aliphatic rings. The van der Waals surface area contributed by atoms with Crippen LogP contribution in [-0.2, 0) is 13.1 Å². The van der Waals surface area contributed by atoms with Gasteiger partial charge in [-0.2, -0.15) is 0 Å². The highest BCUT2D eigenvalue weighted by Gasteiger charge is 2.27. The lowest BCUT2D eigenvalue weighted by Gasteiger charge is -2.17. The number of rotatable bonds is 8. The van der Waals surface area contributed by atoms with Crippen molar-refractivity contribution < 1.29 is 0 Å². The summed E-state index contributed by atoms with van der Waals surface area (Å²) in [5, 5.41) is 2.42. The van der Waals surface area contributed by atoms with Gasteiger partial charge in [-0.1, -0.05) is 164 Å². The molecule has 0 atom stereocenters. The van der Waals surface area contributed by atoms with Gasteiger partial charge in [-0.25, -0.2) is 0 Å². The van der Waals surface area contributed by atoms with Gasteiger partial charge in [0.15, 0.2) is 0 Å². The smallest absolute Gasteiger partial charge is 0.0574 e. The normalized spacial score (nSPS) is 11.3. The largest absolute Gasteiger partial charge is 0.335 e. The average Bonchev–Trinajstić information content (AvgIpc) is 3.62. The van der Waals surface area contributed by atoms with Crippen molar-refractivity contribution in [3.8, 4) is 22.5 Å². The molecule has 0 radical (unpaired) electrons. The summed E-state index contributed by atoms with van der Waals surface area (Å²) in [5.41, 5.74) is 13.1. The molecule has 8 rings (SSSR count). The van der Waals surface area contributed by atoms with E-state index in [1.807, 2.05) is 0 Å². The molecule has 2 heterocycles. The van der Waals surface area contributed by atoms with Crippen LogP contribution in [0.2, 0.25) is 0 Å². The zero-order valence-corrected chi connectivity index (χ0v) is 25.7. The van der Waals surface area contributed by atoms with Crippen LogP contribution in [0.5, 0.6) is 0 Å². The quantitative estimate of drug-likeness (QED) is 0.167. The molecule has 0 bridgehead atoms. The fraction of sp³-hybridized carbons (Fsp3) is 0.0455. The first-order valence-electron chi connectivity index (χ1n) is 15.9. The zero-order chi connectivity index (χ0) is 30.9. The first-order chi connectivity index (χ1) is 22.8. The standard InChI is InChI=1S/C44H34N2/c1-32(41-37-26-14-16-28-39(37)45(30-33-18-6-2-7-19-33)43(41)35-22-10-4-11-23-35)42-38-27-15-17-29-40(38)46(31-34-20-8-3-9-21-34)44(42)36-24-12-5-13-25-36/h2-29H,1,30-31H2. The van der Waals surface area contributed by atoms with Gasteiger partial charge in [0, 0.05) is 46.0 Å². The summed E-state index contributed by atoms with van der Waals surface area (Å²) in [6.07, 6.45) is 0. The van der Waals surface area contributed by atoms with Gasteiger partial charge in [-0.3, -0.25) is 0 Å². The van der Waals surface area contributed by atoms with Crippen molar-refractivity contribution >= 4 is 27.4 Å². The number of hydrogen-bond acceptors (Lipinski definition) is 0. The summed E-state index contributed by atoms with van der Waals surface area (Å²) >= 11 is 0. The minimum Gasteiger partial charge on any atom is -0.335 e. The Morgan fingerprint density at radius 2 is 0.717 bits per heavy atom. The van der Waals surface area contributed by atoms with Crippen molar-refractivity contribution in [1.29, 1.82) is 0 Å². The fourth-order valence-corrected chi connectivity index (χ4v) is 7.00. The number of hydrogen-bond donors (Lipinski definition) is 0. The van der Waals surface area contributed by atoms with Crippen LogP contribution in [0.1, 0.15) is 22.3 Å². The molecule has 0 saturated carbocycles. The maximum atomic E-state index is 4.98.